The van der Waals surface area contributed by atoms with Gasteiger partial charge in [0.2, 0.25) is 17.7 Å². The molecule has 1 saturated heterocycles. The molecular formula is C25H37N5O5. The van der Waals surface area contributed by atoms with Crippen LogP contribution in [-0.2, 0) is 14.4 Å². The van der Waals surface area contributed by atoms with E-state index in [2.05, 4.69) is 15.5 Å². The maximum atomic E-state index is 13.5. The summed E-state index contributed by atoms with van der Waals surface area (Å²) in [5.41, 5.74) is 0.271. The number of fused-ring (bicyclic) bond motifs is 1. The molecule has 2 heterocycles. The molecule has 4 amide bonds. The van der Waals surface area contributed by atoms with E-state index in [4.69, 9.17) is 4.74 Å². The van der Waals surface area contributed by atoms with Gasteiger partial charge in [-0.15, -0.1) is 0 Å². The van der Waals surface area contributed by atoms with Gasteiger partial charge in [-0.2, -0.15) is 0 Å². The summed E-state index contributed by atoms with van der Waals surface area (Å²) in [4.78, 5) is 58.2. The SMILES string of the molecule is CC(C)[C@H]1NC(=O)C[C@@H](C(=O)N2CCCN(C)CC2)NC(=O)c2ccccc2OCCN(C)C1=O. The van der Waals surface area contributed by atoms with Gasteiger partial charge in [0, 0.05) is 26.7 Å². The Hall–Kier alpha value is -3.14. The summed E-state index contributed by atoms with van der Waals surface area (Å²) in [5.74, 6) is -1.29. The van der Waals surface area contributed by atoms with Crippen LogP contribution in [-0.4, -0.2) is 104 Å². The molecule has 2 aliphatic heterocycles. The number of rotatable bonds is 2. The number of amides is 4. The van der Waals surface area contributed by atoms with Gasteiger partial charge in [0.05, 0.1) is 18.5 Å². The fraction of sp³-hybridized carbons (Fsp3) is 0.600. The Bertz CT molecular complexity index is 937. The van der Waals surface area contributed by atoms with E-state index >= 15 is 0 Å². The van der Waals surface area contributed by atoms with Crippen molar-refractivity contribution < 1.29 is 23.9 Å². The monoisotopic (exact) mass is 487 g/mol. The molecular weight excluding hydrogens is 450 g/mol. The molecule has 0 saturated carbocycles. The van der Waals surface area contributed by atoms with Crippen molar-refractivity contribution in [1.29, 1.82) is 0 Å². The van der Waals surface area contributed by atoms with Gasteiger partial charge in [0.25, 0.3) is 5.91 Å². The summed E-state index contributed by atoms with van der Waals surface area (Å²) in [6.07, 6.45) is 0.544. The van der Waals surface area contributed by atoms with E-state index in [1.54, 1.807) is 36.2 Å². The van der Waals surface area contributed by atoms with E-state index in [-0.39, 0.29) is 36.3 Å². The Kier molecular flexibility index (Phi) is 9.08. The molecule has 3 rings (SSSR count). The van der Waals surface area contributed by atoms with Gasteiger partial charge < -0.3 is 30.1 Å². The Morgan fingerprint density at radius 3 is 2.49 bits per heavy atom. The topological polar surface area (TPSA) is 111 Å². The third-order valence-electron chi connectivity index (χ3n) is 6.47. The van der Waals surface area contributed by atoms with Crippen molar-refractivity contribution >= 4 is 23.6 Å². The molecule has 192 valence electrons. The number of hydrogen-bond donors (Lipinski definition) is 2. The third kappa shape index (κ3) is 6.94. The van der Waals surface area contributed by atoms with Crippen LogP contribution in [0.15, 0.2) is 24.3 Å². The zero-order valence-corrected chi connectivity index (χ0v) is 21.1. The summed E-state index contributed by atoms with van der Waals surface area (Å²) < 4.78 is 5.84. The minimum absolute atomic E-state index is 0.159. The van der Waals surface area contributed by atoms with E-state index in [1.807, 2.05) is 20.9 Å². The first-order valence-corrected chi connectivity index (χ1v) is 12.2. The molecule has 0 bridgehead atoms. The number of likely N-dealkylation sites (N-methyl/N-ethyl adjacent to an activating group) is 2. The molecule has 2 N–H and O–H groups in total. The average Bonchev–Trinajstić information content (AvgIpc) is 3.05. The molecule has 10 nitrogen and oxygen atoms in total. The summed E-state index contributed by atoms with van der Waals surface area (Å²) >= 11 is 0. The molecule has 2 aliphatic rings. The number of carbonyl (C=O) groups excluding carboxylic acids is 4. The number of nitrogens with zero attached hydrogens (tertiary/aromatic N) is 3. The van der Waals surface area contributed by atoms with Crippen LogP contribution >= 0.6 is 0 Å². The lowest BCUT2D eigenvalue weighted by atomic mass is 10.0. The van der Waals surface area contributed by atoms with Crippen molar-refractivity contribution in [2.45, 2.75) is 38.8 Å². The van der Waals surface area contributed by atoms with Crippen molar-refractivity contribution in [2.24, 2.45) is 5.92 Å². The van der Waals surface area contributed by atoms with E-state index in [1.165, 1.54) is 4.90 Å². The predicted molar refractivity (Wildman–Crippen MR) is 131 cm³/mol. The van der Waals surface area contributed by atoms with E-state index < -0.39 is 23.9 Å². The highest BCUT2D eigenvalue weighted by atomic mass is 16.5. The van der Waals surface area contributed by atoms with E-state index in [9.17, 15) is 19.2 Å². The zero-order chi connectivity index (χ0) is 25.5. The molecule has 1 aromatic carbocycles. The molecule has 1 fully saturated rings. The van der Waals surface area contributed by atoms with Gasteiger partial charge in [0.1, 0.15) is 24.4 Å². The zero-order valence-electron chi connectivity index (χ0n) is 21.1. The quantitative estimate of drug-likeness (QED) is 0.622. The van der Waals surface area contributed by atoms with Crippen LogP contribution in [0, 0.1) is 5.92 Å². The van der Waals surface area contributed by atoms with Gasteiger partial charge in [0.15, 0.2) is 0 Å². The smallest absolute Gasteiger partial charge is 0.255 e. The lowest BCUT2D eigenvalue weighted by molar-refractivity contribution is -0.138. The van der Waals surface area contributed by atoms with Crippen LogP contribution in [0.2, 0.25) is 0 Å². The number of ether oxygens (including phenoxy) is 1. The van der Waals surface area contributed by atoms with Crippen LogP contribution in [0.1, 0.15) is 37.0 Å². The number of benzene rings is 1. The van der Waals surface area contributed by atoms with Crippen LogP contribution in [0.4, 0.5) is 0 Å². The fourth-order valence-corrected chi connectivity index (χ4v) is 4.27. The van der Waals surface area contributed by atoms with Crippen molar-refractivity contribution in [1.82, 2.24) is 25.3 Å². The molecule has 0 spiro atoms. The minimum atomic E-state index is -1.07. The largest absolute Gasteiger partial charge is 0.491 e. The van der Waals surface area contributed by atoms with Gasteiger partial charge in [-0.1, -0.05) is 26.0 Å². The molecule has 0 unspecified atom stereocenters. The lowest BCUT2D eigenvalue weighted by Gasteiger charge is -2.30. The fourth-order valence-electron chi connectivity index (χ4n) is 4.27. The van der Waals surface area contributed by atoms with Crippen molar-refractivity contribution in [2.75, 3.05) is 53.4 Å². The molecule has 35 heavy (non-hydrogen) atoms. The second-order valence-electron chi connectivity index (χ2n) is 9.61. The number of carbonyl (C=O) groups is 4. The van der Waals surface area contributed by atoms with Gasteiger partial charge in [-0.3, -0.25) is 19.2 Å². The summed E-state index contributed by atoms with van der Waals surface area (Å²) in [7, 11) is 3.65. The number of nitrogens with one attached hydrogen (secondary N) is 2. The Balaban J connectivity index is 1.92. The Labute approximate surface area is 206 Å². The second kappa shape index (κ2) is 12.0. The van der Waals surface area contributed by atoms with E-state index in [0.717, 1.165) is 13.0 Å². The molecule has 0 radical (unpaired) electrons. The Morgan fingerprint density at radius 1 is 1.00 bits per heavy atom. The standard InChI is InChI=1S/C25H37N5O5/c1-17(2)22-25(34)29(4)14-15-35-20-9-6-5-8-18(20)23(32)26-19(16-21(31)27-22)24(33)30-11-7-10-28(3)12-13-30/h5-6,8-9,17,19,22H,7,10-16H2,1-4H3,(H,26,32)(H,27,31)/t19-,22+/m0/s1. The van der Waals surface area contributed by atoms with Gasteiger partial charge in [-0.05, 0) is 38.1 Å². The summed E-state index contributed by atoms with van der Waals surface area (Å²) in [6.45, 7) is 6.82. The van der Waals surface area contributed by atoms with Gasteiger partial charge in [-0.25, -0.2) is 0 Å². The lowest BCUT2D eigenvalue weighted by Crippen LogP contribution is -2.54. The molecule has 0 aromatic heterocycles. The number of hydrogen-bond acceptors (Lipinski definition) is 6. The van der Waals surface area contributed by atoms with Crippen LogP contribution in [0.25, 0.3) is 0 Å². The first-order valence-electron chi connectivity index (χ1n) is 12.2. The number of para-hydroxylation sites is 1. The third-order valence-corrected chi connectivity index (χ3v) is 6.47. The molecule has 2 atom stereocenters. The van der Waals surface area contributed by atoms with Crippen LogP contribution < -0.4 is 15.4 Å². The summed E-state index contributed by atoms with van der Waals surface area (Å²) in [5, 5.41) is 5.56. The average molecular weight is 488 g/mol. The van der Waals surface area contributed by atoms with Gasteiger partial charge >= 0.3 is 0 Å². The predicted octanol–water partition coefficient (Wildman–Crippen LogP) is 0.331. The van der Waals surface area contributed by atoms with Crippen molar-refractivity contribution in [3.8, 4) is 5.75 Å². The van der Waals surface area contributed by atoms with Crippen LogP contribution in [0.5, 0.6) is 5.75 Å². The van der Waals surface area contributed by atoms with Crippen molar-refractivity contribution in [3.63, 3.8) is 0 Å². The maximum absolute atomic E-state index is 13.5. The highest BCUT2D eigenvalue weighted by Crippen LogP contribution is 2.19. The molecule has 0 aliphatic carbocycles. The first-order chi connectivity index (χ1) is 16.7. The highest BCUT2D eigenvalue weighted by Gasteiger charge is 2.33. The summed E-state index contributed by atoms with van der Waals surface area (Å²) in [6, 6.07) is 4.93. The normalized spacial score (nSPS) is 23.5. The first kappa shape index (κ1) is 26.5. The molecule has 10 heteroatoms. The van der Waals surface area contributed by atoms with Crippen LogP contribution in [0.3, 0.4) is 0 Å². The van der Waals surface area contributed by atoms with E-state index in [0.29, 0.717) is 31.9 Å². The molecule has 1 aromatic rings. The highest BCUT2D eigenvalue weighted by molar-refractivity contribution is 6.01. The second-order valence-corrected chi connectivity index (χ2v) is 9.61. The minimum Gasteiger partial charge on any atom is -0.491 e. The van der Waals surface area contributed by atoms with Crippen molar-refractivity contribution in [3.05, 3.63) is 29.8 Å². The maximum Gasteiger partial charge on any atom is 0.255 e. The Morgan fingerprint density at radius 2 is 1.74 bits per heavy atom.